The van der Waals surface area contributed by atoms with Gasteiger partial charge in [0.2, 0.25) is 0 Å². The Morgan fingerprint density at radius 1 is 1.43 bits per heavy atom. The van der Waals surface area contributed by atoms with Crippen LogP contribution in [0.15, 0.2) is 24.7 Å². The lowest BCUT2D eigenvalue weighted by Crippen LogP contribution is -2.39. The molecule has 2 aromatic heterocycles. The summed E-state index contributed by atoms with van der Waals surface area (Å²) in [6.45, 7) is 1.42. The highest BCUT2D eigenvalue weighted by atomic mass is 35.5. The quantitative estimate of drug-likeness (QED) is 0.795. The van der Waals surface area contributed by atoms with Crippen molar-refractivity contribution in [1.29, 1.82) is 0 Å². The van der Waals surface area contributed by atoms with Crippen molar-refractivity contribution >= 4 is 17.5 Å². The number of nitrogens with zero attached hydrogens (tertiary/aromatic N) is 5. The van der Waals surface area contributed by atoms with E-state index in [1.165, 1.54) is 6.20 Å². The zero-order chi connectivity index (χ0) is 14.8. The van der Waals surface area contributed by atoms with E-state index in [4.69, 9.17) is 11.6 Å². The molecular formula is C14H16ClN5O. The Morgan fingerprint density at radius 3 is 2.95 bits per heavy atom. The molecule has 110 valence electrons. The molecule has 0 radical (unpaired) electrons. The van der Waals surface area contributed by atoms with Crippen molar-refractivity contribution in [3.63, 3.8) is 0 Å². The summed E-state index contributed by atoms with van der Waals surface area (Å²) in [5, 5.41) is 8.47. The highest BCUT2D eigenvalue weighted by molar-refractivity contribution is 6.29. The molecule has 1 aliphatic rings. The Bertz CT molecular complexity index is 639. The Morgan fingerprint density at radius 2 is 2.29 bits per heavy atom. The molecule has 1 fully saturated rings. The number of aromatic nitrogens is 4. The van der Waals surface area contributed by atoms with E-state index in [1.54, 1.807) is 18.5 Å². The fraction of sp³-hybridized carbons (Fsp3) is 0.429. The van der Waals surface area contributed by atoms with Gasteiger partial charge in [0.1, 0.15) is 17.3 Å². The van der Waals surface area contributed by atoms with Gasteiger partial charge in [0.15, 0.2) is 0 Å². The van der Waals surface area contributed by atoms with Crippen LogP contribution in [0.5, 0.6) is 0 Å². The number of aryl methyl sites for hydroxylation is 1. The molecule has 1 unspecified atom stereocenters. The third-order valence-corrected chi connectivity index (χ3v) is 4.02. The SMILES string of the molecule is Cn1cnnc1C1CCCN(C(=O)c2ccc(Cl)nc2)C1. The van der Waals surface area contributed by atoms with Crippen LogP contribution >= 0.6 is 11.6 Å². The Kier molecular flexibility index (Phi) is 3.88. The molecule has 7 heteroatoms. The average Bonchev–Trinajstić information content (AvgIpc) is 2.94. The van der Waals surface area contributed by atoms with Crippen LogP contribution in [-0.2, 0) is 7.05 Å². The molecule has 0 saturated carbocycles. The molecule has 2 aromatic rings. The number of hydrogen-bond donors (Lipinski definition) is 0. The Hall–Kier alpha value is -1.95. The number of hydrogen-bond acceptors (Lipinski definition) is 4. The lowest BCUT2D eigenvalue weighted by Gasteiger charge is -2.32. The highest BCUT2D eigenvalue weighted by Crippen LogP contribution is 2.26. The first-order chi connectivity index (χ1) is 10.1. The fourth-order valence-electron chi connectivity index (χ4n) is 2.72. The van der Waals surface area contributed by atoms with E-state index in [9.17, 15) is 4.79 Å². The van der Waals surface area contributed by atoms with Crippen molar-refractivity contribution in [2.24, 2.45) is 7.05 Å². The van der Waals surface area contributed by atoms with Gasteiger partial charge in [-0.2, -0.15) is 0 Å². The number of rotatable bonds is 2. The third-order valence-electron chi connectivity index (χ3n) is 3.79. The van der Waals surface area contributed by atoms with Crippen molar-refractivity contribution < 1.29 is 4.79 Å². The van der Waals surface area contributed by atoms with Gasteiger partial charge in [0.05, 0.1) is 5.56 Å². The molecule has 0 aromatic carbocycles. The lowest BCUT2D eigenvalue weighted by molar-refractivity contribution is 0.0703. The van der Waals surface area contributed by atoms with Crippen LogP contribution in [0.2, 0.25) is 5.15 Å². The number of piperidine rings is 1. The maximum atomic E-state index is 12.5. The lowest BCUT2D eigenvalue weighted by atomic mass is 9.96. The van der Waals surface area contributed by atoms with Crippen LogP contribution < -0.4 is 0 Å². The smallest absolute Gasteiger partial charge is 0.255 e. The number of carbonyl (C=O) groups is 1. The molecule has 0 aliphatic carbocycles. The first-order valence-electron chi connectivity index (χ1n) is 6.90. The highest BCUT2D eigenvalue weighted by Gasteiger charge is 2.28. The molecule has 0 spiro atoms. The maximum Gasteiger partial charge on any atom is 0.255 e. The van der Waals surface area contributed by atoms with Crippen LogP contribution in [0.1, 0.15) is 34.9 Å². The van der Waals surface area contributed by atoms with Crippen LogP contribution in [0, 0.1) is 0 Å². The Balaban J connectivity index is 1.75. The van der Waals surface area contributed by atoms with Gasteiger partial charge in [-0.25, -0.2) is 4.98 Å². The zero-order valence-electron chi connectivity index (χ0n) is 11.7. The third kappa shape index (κ3) is 2.90. The van der Waals surface area contributed by atoms with Gasteiger partial charge in [0.25, 0.3) is 5.91 Å². The number of amides is 1. The second-order valence-corrected chi connectivity index (χ2v) is 5.65. The van der Waals surface area contributed by atoms with E-state index in [0.717, 1.165) is 25.2 Å². The molecule has 3 rings (SSSR count). The summed E-state index contributed by atoms with van der Waals surface area (Å²) in [6.07, 6.45) is 5.20. The summed E-state index contributed by atoms with van der Waals surface area (Å²) in [6, 6.07) is 3.35. The normalized spacial score (nSPS) is 18.8. The molecule has 1 atom stereocenters. The summed E-state index contributed by atoms with van der Waals surface area (Å²) in [5.41, 5.74) is 0.568. The molecule has 6 nitrogen and oxygen atoms in total. The first-order valence-corrected chi connectivity index (χ1v) is 7.27. The monoisotopic (exact) mass is 305 g/mol. The summed E-state index contributed by atoms with van der Waals surface area (Å²) < 4.78 is 1.92. The fourth-order valence-corrected chi connectivity index (χ4v) is 2.83. The summed E-state index contributed by atoms with van der Waals surface area (Å²) in [4.78, 5) is 18.3. The minimum atomic E-state index is -0.00830. The van der Waals surface area contributed by atoms with E-state index in [-0.39, 0.29) is 11.8 Å². The molecule has 0 bridgehead atoms. The van der Waals surface area contributed by atoms with Crippen molar-refractivity contribution in [1.82, 2.24) is 24.6 Å². The van der Waals surface area contributed by atoms with Crippen LogP contribution in [0.25, 0.3) is 0 Å². The predicted molar refractivity (Wildman–Crippen MR) is 78.1 cm³/mol. The van der Waals surface area contributed by atoms with Gasteiger partial charge < -0.3 is 9.47 Å². The first kappa shape index (κ1) is 14.0. The van der Waals surface area contributed by atoms with Gasteiger partial charge in [-0.05, 0) is 25.0 Å². The van der Waals surface area contributed by atoms with Crippen molar-refractivity contribution in [3.8, 4) is 0 Å². The maximum absolute atomic E-state index is 12.5. The Labute approximate surface area is 127 Å². The molecular weight excluding hydrogens is 290 g/mol. The van der Waals surface area contributed by atoms with Crippen LogP contribution in [0.4, 0.5) is 0 Å². The van der Waals surface area contributed by atoms with Gasteiger partial charge >= 0.3 is 0 Å². The topological polar surface area (TPSA) is 63.9 Å². The van der Waals surface area contributed by atoms with Crippen molar-refractivity contribution in [2.75, 3.05) is 13.1 Å². The second kappa shape index (κ2) is 5.81. The number of halogens is 1. The van der Waals surface area contributed by atoms with E-state index >= 15 is 0 Å². The summed E-state index contributed by atoms with van der Waals surface area (Å²) in [7, 11) is 1.93. The van der Waals surface area contributed by atoms with Gasteiger partial charge in [-0.3, -0.25) is 4.79 Å². The average molecular weight is 306 g/mol. The summed E-state index contributed by atoms with van der Waals surface area (Å²) in [5.74, 6) is 1.16. The second-order valence-electron chi connectivity index (χ2n) is 5.26. The molecule has 3 heterocycles. The number of carbonyl (C=O) groups excluding carboxylic acids is 1. The van der Waals surface area contributed by atoms with Crippen LogP contribution in [0.3, 0.4) is 0 Å². The zero-order valence-corrected chi connectivity index (χ0v) is 12.5. The largest absolute Gasteiger partial charge is 0.338 e. The van der Waals surface area contributed by atoms with E-state index in [2.05, 4.69) is 15.2 Å². The van der Waals surface area contributed by atoms with Gasteiger partial charge in [-0.1, -0.05) is 11.6 Å². The minimum absolute atomic E-state index is 0.00830. The van der Waals surface area contributed by atoms with Crippen molar-refractivity contribution in [2.45, 2.75) is 18.8 Å². The molecule has 21 heavy (non-hydrogen) atoms. The van der Waals surface area contributed by atoms with E-state index < -0.39 is 0 Å². The molecule has 1 aliphatic heterocycles. The van der Waals surface area contributed by atoms with Crippen molar-refractivity contribution in [3.05, 3.63) is 41.2 Å². The summed E-state index contributed by atoms with van der Waals surface area (Å²) >= 11 is 5.76. The molecule has 1 saturated heterocycles. The number of pyridine rings is 1. The minimum Gasteiger partial charge on any atom is -0.338 e. The number of likely N-dealkylation sites (tertiary alicyclic amines) is 1. The van der Waals surface area contributed by atoms with E-state index in [0.29, 0.717) is 17.3 Å². The predicted octanol–water partition coefficient (Wildman–Crippen LogP) is 1.88. The van der Waals surface area contributed by atoms with Gasteiger partial charge in [-0.15, -0.1) is 10.2 Å². The van der Waals surface area contributed by atoms with Crippen LogP contribution in [-0.4, -0.2) is 43.6 Å². The van der Waals surface area contributed by atoms with Gasteiger partial charge in [0, 0.05) is 32.3 Å². The molecule has 0 N–H and O–H groups in total. The van der Waals surface area contributed by atoms with E-state index in [1.807, 2.05) is 16.5 Å². The molecule has 1 amide bonds. The standard InChI is InChI=1S/C14H16ClN5O/c1-19-9-17-18-13(19)11-3-2-6-20(8-11)14(21)10-4-5-12(15)16-7-10/h4-5,7,9,11H,2-3,6,8H2,1H3.